The van der Waals surface area contributed by atoms with Crippen molar-refractivity contribution in [3.05, 3.63) is 58.7 Å². The molecular weight excluding hydrogens is 971 g/mol. The molecule has 5 N–H and O–H groups in total. The van der Waals surface area contributed by atoms with Gasteiger partial charge >= 0.3 is 5.97 Å². The molecule has 18 heteroatoms. The summed E-state index contributed by atoms with van der Waals surface area (Å²) < 4.78 is 22.5. The van der Waals surface area contributed by atoms with Gasteiger partial charge in [0.15, 0.2) is 0 Å². The molecular formula is C52H95N3O11S4. The minimum atomic E-state index is -0.825. The molecule has 0 bridgehead atoms. The van der Waals surface area contributed by atoms with E-state index in [9.17, 15) is 30.0 Å². The van der Waals surface area contributed by atoms with Crippen molar-refractivity contribution in [2.24, 2.45) is 0 Å². The van der Waals surface area contributed by atoms with Gasteiger partial charge in [0.1, 0.15) is 0 Å². The number of carboxylic acids is 1. The van der Waals surface area contributed by atoms with E-state index in [1.807, 2.05) is 42.5 Å². The summed E-state index contributed by atoms with van der Waals surface area (Å²) in [5, 5.41) is 46.9. The highest BCUT2D eigenvalue weighted by molar-refractivity contribution is 8.29. The average molecular weight is 1070 g/mol. The second kappa shape index (κ2) is 41.2. The standard InChI is InChI=1S/C25H44N2O5S2.C19H31NO6.C7H16S2.CH4/c1-6-11-31-13-14-32-12-10-27(23-16-21(18-28)15-22(17-23)19-29)9-7-8-24(30)26(4)20-25(2,3)34(5)33;1-2-7-25-9-10-26-8-6-20(5-3-4-19(23)24)18-12-16(14-21)11-17(13-18)15-22;1-5-6-7(2,3)9(4)8;/h15-17,28-29H,6-14,18-20H2,1-5H3;11-13,21-22H,2-10,14-15H2,1H3,(H,23,24);5-6H2,1-4H3;1H4. The van der Waals surface area contributed by atoms with E-state index in [4.69, 9.17) is 46.4 Å². The molecule has 1 amide bonds. The Morgan fingerprint density at radius 1 is 0.557 bits per heavy atom. The lowest BCUT2D eigenvalue weighted by molar-refractivity contribution is -0.137. The lowest BCUT2D eigenvalue weighted by atomic mass is 10.1. The van der Waals surface area contributed by atoms with Gasteiger partial charge in [-0.25, -0.2) is 0 Å². The van der Waals surface area contributed by atoms with Gasteiger partial charge in [-0.1, -0.05) is 83.0 Å². The molecule has 14 nitrogen and oxygen atoms in total. The maximum Gasteiger partial charge on any atom is 0.303 e. The molecule has 2 unspecified atom stereocenters. The molecule has 2 rings (SSSR count). The number of benzene rings is 2. The lowest BCUT2D eigenvalue weighted by Gasteiger charge is -2.31. The highest BCUT2D eigenvalue weighted by atomic mass is 32.8. The van der Waals surface area contributed by atoms with Crippen LogP contribution >= 0.6 is 0 Å². The van der Waals surface area contributed by atoms with Crippen LogP contribution in [0.15, 0.2) is 36.4 Å². The van der Waals surface area contributed by atoms with E-state index in [0.29, 0.717) is 108 Å². The smallest absolute Gasteiger partial charge is 0.303 e. The van der Waals surface area contributed by atoms with Gasteiger partial charge in [0, 0.05) is 86.7 Å². The third kappa shape index (κ3) is 32.1. The Balaban J connectivity index is 0. The zero-order valence-corrected chi connectivity index (χ0v) is 47.1. The SMILES string of the molecule is C.CCCC(C)(C)S(C)=S.CCCOCCOCCN(CCCC(=O)N(C)CC(C)(C)S(C)=S)c1cc(CO)cc(CO)c1.CCCOCCOCCN(CCCC(=O)O)c1cc(CO)cc(CO)c1. The first-order chi connectivity index (χ1) is 32.7. The quantitative estimate of drug-likeness (QED) is 0.0427. The van der Waals surface area contributed by atoms with Gasteiger partial charge in [0.2, 0.25) is 5.91 Å². The number of carboxylic acid groups (broad SMARTS) is 1. The van der Waals surface area contributed by atoms with E-state index in [2.05, 4.69) is 59.6 Å². The number of anilines is 2. The number of carbonyl (C=O) groups excluding carboxylic acids is 1. The minimum Gasteiger partial charge on any atom is -0.481 e. The normalized spacial score (nSPS) is 12.1. The van der Waals surface area contributed by atoms with Crippen LogP contribution in [0.3, 0.4) is 0 Å². The van der Waals surface area contributed by atoms with Crippen LogP contribution in [0.1, 0.15) is 130 Å². The third-order valence-electron chi connectivity index (χ3n) is 11.1. The first-order valence-electron chi connectivity index (χ1n) is 24.4. The van der Waals surface area contributed by atoms with Crippen LogP contribution < -0.4 is 9.80 Å². The van der Waals surface area contributed by atoms with E-state index in [0.717, 1.165) is 48.6 Å². The van der Waals surface area contributed by atoms with E-state index < -0.39 is 5.97 Å². The molecule has 0 radical (unpaired) electrons. The van der Waals surface area contributed by atoms with Crippen molar-refractivity contribution in [3.8, 4) is 0 Å². The van der Waals surface area contributed by atoms with E-state index in [-0.39, 0.29) is 69.8 Å². The van der Waals surface area contributed by atoms with Gasteiger partial charge < -0.3 is 59.2 Å². The van der Waals surface area contributed by atoms with Crippen molar-refractivity contribution in [3.63, 3.8) is 0 Å². The van der Waals surface area contributed by atoms with Crippen molar-refractivity contribution in [1.82, 2.24) is 4.90 Å². The molecule has 0 aliphatic rings. The number of aliphatic hydroxyl groups excluding tert-OH is 4. The molecule has 0 fully saturated rings. The molecule has 408 valence electrons. The number of aliphatic carboxylic acids is 1. The second-order valence-electron chi connectivity index (χ2n) is 18.1. The van der Waals surface area contributed by atoms with E-state index in [1.54, 1.807) is 17.0 Å². The Hall–Kier alpha value is -2.20. The summed E-state index contributed by atoms with van der Waals surface area (Å²) in [6.07, 6.45) is 10.4. The van der Waals surface area contributed by atoms with Crippen molar-refractivity contribution in [2.75, 3.05) is 115 Å². The number of amides is 1. The largest absolute Gasteiger partial charge is 0.481 e. The van der Waals surface area contributed by atoms with Gasteiger partial charge in [-0.2, -0.15) is 0 Å². The summed E-state index contributed by atoms with van der Waals surface area (Å²) in [4.78, 5) is 29.5. The third-order valence-corrected chi connectivity index (χ3v) is 17.2. The van der Waals surface area contributed by atoms with Crippen molar-refractivity contribution >= 4 is 64.5 Å². The zero-order chi connectivity index (χ0) is 52.3. The summed E-state index contributed by atoms with van der Waals surface area (Å²) in [5.41, 5.74) is 4.67. The van der Waals surface area contributed by atoms with Gasteiger partial charge in [-0.3, -0.25) is 9.59 Å². The Labute approximate surface area is 438 Å². The second-order valence-corrected chi connectivity index (χ2v) is 25.1. The van der Waals surface area contributed by atoms with Crippen molar-refractivity contribution < 1.29 is 54.1 Å². The van der Waals surface area contributed by atoms with Gasteiger partial charge in [-0.05, 0) is 105 Å². The van der Waals surface area contributed by atoms with Crippen LogP contribution in [0.4, 0.5) is 11.4 Å². The maximum atomic E-state index is 12.7. The fraction of sp³-hybridized carbons (Fsp3) is 0.731. The summed E-state index contributed by atoms with van der Waals surface area (Å²) in [5.74, 6) is -0.715. The van der Waals surface area contributed by atoms with Crippen LogP contribution in [0.2, 0.25) is 0 Å². The lowest BCUT2D eigenvalue weighted by Crippen LogP contribution is -2.42. The number of rotatable bonds is 36. The Kier molecular flexibility index (Phi) is 41.1. The molecule has 2 aromatic carbocycles. The predicted octanol–water partition coefficient (Wildman–Crippen LogP) is 7.34. The molecule has 0 spiro atoms. The number of ether oxygens (including phenoxy) is 4. The number of hydrogen-bond acceptors (Lipinski definition) is 14. The van der Waals surface area contributed by atoms with E-state index in [1.165, 1.54) is 12.8 Å². The first kappa shape index (κ1) is 69.9. The van der Waals surface area contributed by atoms with Crippen molar-refractivity contribution in [1.29, 1.82) is 0 Å². The van der Waals surface area contributed by atoms with Gasteiger partial charge in [0.05, 0.1) is 66.1 Å². The van der Waals surface area contributed by atoms with Crippen molar-refractivity contribution in [2.45, 2.75) is 143 Å². The zero-order valence-electron chi connectivity index (χ0n) is 43.8. The summed E-state index contributed by atoms with van der Waals surface area (Å²) in [6.45, 7) is 22.4. The van der Waals surface area contributed by atoms with Gasteiger partial charge in [-0.15, -0.1) is 18.9 Å². The number of carbonyl (C=O) groups is 2. The highest BCUT2D eigenvalue weighted by Gasteiger charge is 2.24. The summed E-state index contributed by atoms with van der Waals surface area (Å²) in [6, 6.07) is 11.1. The first-order valence-corrected chi connectivity index (χ1v) is 29.5. The maximum absolute atomic E-state index is 12.7. The molecule has 0 saturated heterocycles. The number of hydrogen-bond donors (Lipinski definition) is 5. The van der Waals surface area contributed by atoms with Crippen LogP contribution in [-0.4, -0.2) is 157 Å². The molecule has 0 heterocycles. The summed E-state index contributed by atoms with van der Waals surface area (Å²) >= 11 is 10.7. The number of aliphatic hydroxyl groups is 4. The topological polar surface area (TPSA) is 182 Å². The molecule has 0 aliphatic heterocycles. The number of nitrogens with zero attached hydrogens (tertiary/aromatic N) is 3. The molecule has 0 aliphatic carbocycles. The Morgan fingerprint density at radius 3 is 1.21 bits per heavy atom. The average Bonchev–Trinajstić information content (AvgIpc) is 3.31. The van der Waals surface area contributed by atoms with Crippen LogP contribution in [-0.2, 0) is 96.2 Å². The molecule has 0 saturated carbocycles. The van der Waals surface area contributed by atoms with E-state index >= 15 is 0 Å². The Morgan fingerprint density at radius 2 is 0.914 bits per heavy atom. The van der Waals surface area contributed by atoms with Gasteiger partial charge in [0.25, 0.3) is 0 Å². The van der Waals surface area contributed by atoms with Crippen LogP contribution in [0, 0.1) is 0 Å². The van der Waals surface area contributed by atoms with Crippen LogP contribution in [0.5, 0.6) is 0 Å². The summed E-state index contributed by atoms with van der Waals surface area (Å²) in [7, 11) is 1.80. The monoisotopic (exact) mass is 1070 g/mol. The predicted molar refractivity (Wildman–Crippen MR) is 300 cm³/mol. The fourth-order valence-corrected chi connectivity index (χ4v) is 8.04. The fourth-order valence-electron chi connectivity index (χ4n) is 6.77. The Bertz CT molecular complexity index is 1690. The molecule has 70 heavy (non-hydrogen) atoms. The molecule has 2 atom stereocenters. The molecule has 0 aromatic heterocycles. The highest BCUT2D eigenvalue weighted by Crippen LogP contribution is 2.23. The molecule has 2 aromatic rings. The minimum absolute atomic E-state index is 0. The van der Waals surface area contributed by atoms with Crippen LogP contribution in [0.25, 0.3) is 0 Å².